The number of esters is 2. The summed E-state index contributed by atoms with van der Waals surface area (Å²) in [5.74, 6) is -5.09. The lowest BCUT2D eigenvalue weighted by Gasteiger charge is -2.50. The second kappa shape index (κ2) is 31.1. The van der Waals surface area contributed by atoms with Crippen LogP contribution in [0.15, 0.2) is 280 Å². The Morgan fingerprint density at radius 2 is 0.802 bits per heavy atom. The van der Waals surface area contributed by atoms with Gasteiger partial charge in [-0.3, -0.25) is 29.0 Å². The van der Waals surface area contributed by atoms with Crippen molar-refractivity contribution in [3.63, 3.8) is 0 Å². The van der Waals surface area contributed by atoms with Crippen molar-refractivity contribution >= 4 is 109 Å². The third kappa shape index (κ3) is 14.0. The molecule has 2 aliphatic rings. The quantitative estimate of drug-likeness (QED) is 0.0111. The Labute approximate surface area is 558 Å². The van der Waals surface area contributed by atoms with Crippen LogP contribution in [-0.2, 0) is 28.7 Å². The summed E-state index contributed by atoms with van der Waals surface area (Å²) in [4.78, 5) is 105. The van der Waals surface area contributed by atoms with Crippen LogP contribution in [0, 0.1) is 11.8 Å². The van der Waals surface area contributed by atoms with Gasteiger partial charge in [0.05, 0.1) is 36.1 Å². The Balaban J connectivity index is 0.000000212. The average Bonchev–Trinajstić information content (AvgIpc) is 0.711. The molecule has 11 rings (SSSR count). The van der Waals surface area contributed by atoms with E-state index in [9.17, 15) is 43.8 Å². The number of aromatic nitrogens is 1. The Hall–Kier alpha value is -10.6. The molecule has 18 heteroatoms. The van der Waals surface area contributed by atoms with E-state index in [2.05, 4.69) is 23.5 Å². The van der Waals surface area contributed by atoms with Gasteiger partial charge in [0.1, 0.15) is 29.7 Å². The largest absolute Gasteiger partial charge is 0.457 e. The highest BCUT2D eigenvalue weighted by atomic mass is 31.2. The zero-order valence-corrected chi connectivity index (χ0v) is 54.8. The third-order valence-corrected chi connectivity index (χ3v) is 25.4. The first-order valence-electron chi connectivity index (χ1n) is 31.3. The monoisotopic (exact) mass is 1320 g/mol. The van der Waals surface area contributed by atoms with Gasteiger partial charge in [0, 0.05) is 55.3 Å². The highest BCUT2D eigenvalue weighted by molar-refractivity contribution is 7.97. The number of aliphatic hydroxyl groups is 2. The molecule has 2 saturated heterocycles. The number of hydrogen-bond donors (Lipinski definition) is 4. The van der Waals surface area contributed by atoms with E-state index in [1.807, 2.05) is 182 Å². The number of ketones is 2. The molecule has 0 spiro atoms. The van der Waals surface area contributed by atoms with E-state index in [4.69, 9.17) is 15.2 Å². The molecule has 0 saturated carbocycles. The lowest BCUT2D eigenvalue weighted by molar-refractivity contribution is -0.157. The van der Waals surface area contributed by atoms with Gasteiger partial charge in [0.25, 0.3) is 5.91 Å². The molecule has 6 atom stereocenters. The molecule has 1 aromatic heterocycles. The molecule has 5 N–H and O–H groups in total. The van der Waals surface area contributed by atoms with Gasteiger partial charge in [-0.2, -0.15) is 0 Å². The van der Waals surface area contributed by atoms with Crippen molar-refractivity contribution < 1.29 is 53.2 Å². The normalized spacial score (nSPS) is 16.3. The summed E-state index contributed by atoms with van der Waals surface area (Å²) >= 11 is 0. The van der Waals surface area contributed by atoms with E-state index in [1.165, 1.54) is 42.0 Å². The molecule has 3 amide bonds. The molecule has 9 aromatic rings. The fourth-order valence-corrected chi connectivity index (χ4v) is 21.4. The summed E-state index contributed by atoms with van der Waals surface area (Å²) < 4.78 is 11.5. The predicted molar refractivity (Wildman–Crippen MR) is 382 cm³/mol. The summed E-state index contributed by atoms with van der Waals surface area (Å²) in [6, 6.07) is 73.9. The lowest BCUT2D eigenvalue weighted by Crippen LogP contribution is -2.68. The topological polar surface area (TPSA) is 236 Å². The number of hydrogen-bond acceptors (Lipinski definition) is 13. The fraction of sp³-hybridized carbons (Fsp3) is 0.154. The molecule has 8 aromatic carbocycles. The number of Topliss-reactive ketones (excluding diaryl/α,β-unsaturated/α-hetero) is 2. The zero-order valence-electron chi connectivity index (χ0n) is 53.0. The number of β-lactam (4-membered cyclic amide) rings is 2. The summed E-state index contributed by atoms with van der Waals surface area (Å²) in [5.41, 5.74) is 8.11. The molecular weight excluding hydrogens is 1240 g/mol. The number of rotatable bonds is 24. The fourth-order valence-electron chi connectivity index (χ4n) is 12.6. The maximum atomic E-state index is 14.6. The van der Waals surface area contributed by atoms with Crippen LogP contribution in [0.25, 0.3) is 0 Å². The summed E-state index contributed by atoms with van der Waals surface area (Å²) in [7, 11) is 0. The SMILES string of the molecule is C=CCOC(=O)C(N1C(=O)[C@H]([C@@H](C)O)[C@H]1CC(=O)c1ccc(N)cc1)=P(c1ccccc1)(c1ccccc1)c1ccccc1.C=CCOC(=O)C(N1C(=O)[C@H]([C@@H](C)O)[C@H]1CC(=O)c1ccc(NC(=O)c2ccccn2)cc1)=P(c1ccccc1)(c1ccccc1)c1ccccc1. The minimum atomic E-state index is -3.20. The van der Waals surface area contributed by atoms with Crippen molar-refractivity contribution in [2.75, 3.05) is 24.3 Å². The predicted octanol–water partition coefficient (Wildman–Crippen LogP) is 8.87. The maximum Gasteiger partial charge on any atom is 0.356 e. The van der Waals surface area contributed by atoms with Gasteiger partial charge >= 0.3 is 11.9 Å². The molecule has 486 valence electrons. The number of nitrogens with two attached hydrogens (primary N) is 1. The summed E-state index contributed by atoms with van der Waals surface area (Å²) in [5, 5.41) is 29.4. The van der Waals surface area contributed by atoms with Gasteiger partial charge in [-0.25, -0.2) is 9.59 Å². The second-order valence-corrected chi connectivity index (χ2v) is 29.6. The van der Waals surface area contributed by atoms with Gasteiger partial charge in [0.2, 0.25) is 11.8 Å². The van der Waals surface area contributed by atoms with Crippen molar-refractivity contribution in [3.05, 3.63) is 297 Å². The van der Waals surface area contributed by atoms with E-state index < -0.39 is 79.6 Å². The molecule has 2 fully saturated rings. The smallest absolute Gasteiger partial charge is 0.356 e. The first-order valence-corrected chi connectivity index (χ1v) is 34.8. The van der Waals surface area contributed by atoms with E-state index >= 15 is 0 Å². The van der Waals surface area contributed by atoms with Crippen LogP contribution in [0.3, 0.4) is 0 Å². The Bertz CT molecular complexity index is 4180. The Morgan fingerprint density at radius 3 is 1.09 bits per heavy atom. The van der Waals surface area contributed by atoms with E-state index in [1.54, 1.807) is 66.7 Å². The number of nitrogens with one attached hydrogen (secondary N) is 1. The molecule has 3 heterocycles. The second-order valence-electron chi connectivity index (χ2n) is 23.0. The van der Waals surface area contributed by atoms with E-state index in [0.29, 0.717) is 22.5 Å². The molecule has 2 aliphatic heterocycles. The summed E-state index contributed by atoms with van der Waals surface area (Å²) in [6.07, 6.45) is 2.02. The first kappa shape index (κ1) is 68.3. The van der Waals surface area contributed by atoms with Crippen molar-refractivity contribution in [2.45, 2.75) is 51.0 Å². The van der Waals surface area contributed by atoms with Gasteiger partial charge in [-0.1, -0.05) is 213 Å². The number of amides is 3. The number of nitrogen functional groups attached to an aromatic ring is 1. The molecule has 96 heavy (non-hydrogen) atoms. The highest BCUT2D eigenvalue weighted by Crippen LogP contribution is 2.52. The van der Waals surface area contributed by atoms with Crippen LogP contribution >= 0.6 is 13.8 Å². The van der Waals surface area contributed by atoms with Gasteiger partial charge in [-0.05, 0) is 106 Å². The number of nitrogens with zero attached hydrogens (tertiary/aromatic N) is 3. The van der Waals surface area contributed by atoms with E-state index in [0.717, 1.165) is 31.8 Å². The summed E-state index contributed by atoms with van der Waals surface area (Å²) in [6.45, 7) is 3.97. The number of benzene rings is 8. The zero-order chi connectivity index (χ0) is 67.9. The number of anilines is 2. The molecular formula is C78H73N5O11P2. The Kier molecular flexibility index (Phi) is 22.1. The van der Waals surface area contributed by atoms with Gasteiger partial charge < -0.3 is 40.5 Å². The number of carbonyl (C=O) groups is 7. The van der Waals surface area contributed by atoms with Crippen LogP contribution in [0.4, 0.5) is 11.4 Å². The Morgan fingerprint density at radius 1 is 0.490 bits per heavy atom. The first-order chi connectivity index (χ1) is 46.6. The van der Waals surface area contributed by atoms with Crippen LogP contribution < -0.4 is 42.9 Å². The number of ether oxygens (including phenoxy) is 2. The van der Waals surface area contributed by atoms with E-state index in [-0.39, 0.29) is 54.2 Å². The highest BCUT2D eigenvalue weighted by Gasteiger charge is 2.57. The number of carbonyl (C=O) groups excluding carboxylic acids is 7. The van der Waals surface area contributed by atoms with Crippen LogP contribution in [0.2, 0.25) is 0 Å². The van der Waals surface area contributed by atoms with Gasteiger partial charge in [0.15, 0.2) is 11.6 Å². The molecule has 0 aliphatic carbocycles. The molecule has 0 bridgehead atoms. The molecule has 16 nitrogen and oxygen atoms in total. The van der Waals surface area contributed by atoms with Crippen LogP contribution in [0.5, 0.6) is 0 Å². The minimum absolute atomic E-state index is 0.0718. The standard InChI is InChI=1S/C42H38N3O6P.C36H35N2O5P/c1-3-27-51-42(50)41(52(32-15-7-4-8-16-32,33-17-9-5-10-18-33)34-19-11-6-12-20-34)45-36(38(29(2)46)40(45)49)28-37(47)30-22-24-31(25-23-30)44-39(48)35-21-13-14-26-43-35;1-3-23-43-36(42)35(38-31(33(25(2)39)34(38)41)24-32(40)26-19-21-27(37)22-20-26)44(28-13-7-4-8-14-28,29-15-9-5-10-16-29)30-17-11-6-12-18-30/h3-26,29,36,38,46H,1,27-28H2,2H3,(H,44,48);3-22,25,31,33,39H,1,23-24,37H2,2H3/t29-,36-,38-;25-,31-,33-/m11/s1. The van der Waals surface area contributed by atoms with Crippen molar-refractivity contribution in [3.8, 4) is 0 Å². The number of likely N-dealkylation sites (tertiary alicyclic amines) is 2. The lowest BCUT2D eigenvalue weighted by atomic mass is 9.79. The van der Waals surface area contributed by atoms with Crippen molar-refractivity contribution in [2.24, 2.45) is 11.8 Å². The van der Waals surface area contributed by atoms with Crippen LogP contribution in [0.1, 0.15) is 57.9 Å². The molecule has 0 unspecified atom stereocenters. The maximum absolute atomic E-state index is 14.6. The number of pyridine rings is 1. The average molecular weight is 1320 g/mol. The van der Waals surface area contributed by atoms with Gasteiger partial charge in [-0.15, -0.1) is 0 Å². The minimum Gasteiger partial charge on any atom is -0.457 e. The molecule has 0 radical (unpaired) electrons. The third-order valence-electron chi connectivity index (χ3n) is 16.9. The number of aliphatic hydroxyl groups excluding tert-OH is 2. The van der Waals surface area contributed by atoms with Crippen LogP contribution in [-0.4, -0.2) is 115 Å². The van der Waals surface area contributed by atoms with Crippen molar-refractivity contribution in [1.29, 1.82) is 0 Å². The van der Waals surface area contributed by atoms with Crippen molar-refractivity contribution in [1.82, 2.24) is 14.8 Å².